The first-order valence-corrected chi connectivity index (χ1v) is 9.09. The molecule has 2 bridgehead atoms. The summed E-state index contributed by atoms with van der Waals surface area (Å²) in [5.74, 6) is 0.541. The highest BCUT2D eigenvalue weighted by molar-refractivity contribution is 5.80. The Hall–Kier alpha value is -1.34. The summed E-state index contributed by atoms with van der Waals surface area (Å²) in [7, 11) is 2.08. The van der Waals surface area contributed by atoms with Gasteiger partial charge in [0, 0.05) is 45.8 Å². The number of rotatable bonds is 3. The molecule has 7 nitrogen and oxygen atoms in total. The minimum absolute atomic E-state index is 0.00466. The van der Waals surface area contributed by atoms with Gasteiger partial charge in [-0.3, -0.25) is 4.79 Å². The van der Waals surface area contributed by atoms with Gasteiger partial charge in [0.15, 0.2) is 0 Å². The Morgan fingerprint density at radius 2 is 1.83 bits per heavy atom. The summed E-state index contributed by atoms with van der Waals surface area (Å²) < 4.78 is 5.97. The summed E-state index contributed by atoms with van der Waals surface area (Å²) >= 11 is 0. The van der Waals surface area contributed by atoms with Crippen molar-refractivity contribution in [2.45, 2.75) is 32.5 Å². The third-order valence-electron chi connectivity index (χ3n) is 5.24. The van der Waals surface area contributed by atoms with Crippen molar-refractivity contribution in [2.75, 3.05) is 52.9 Å². The number of urea groups is 1. The SMILES string of the molecule is CC(C)CNC(=O)N1C[C@H]2C[C@H](C(=O)N3CCN(C)CC3)[C@@H](C1)O2. The number of morpholine rings is 1. The van der Waals surface area contributed by atoms with Gasteiger partial charge >= 0.3 is 6.03 Å². The van der Waals surface area contributed by atoms with Crippen LogP contribution in [0.3, 0.4) is 0 Å². The molecule has 0 spiro atoms. The van der Waals surface area contributed by atoms with Crippen LogP contribution in [0.5, 0.6) is 0 Å². The van der Waals surface area contributed by atoms with Gasteiger partial charge in [0.2, 0.25) is 5.91 Å². The highest BCUT2D eigenvalue weighted by Crippen LogP contribution is 2.33. The normalized spacial score (nSPS) is 30.8. The van der Waals surface area contributed by atoms with Crippen LogP contribution in [0.1, 0.15) is 20.3 Å². The molecule has 3 atom stereocenters. The van der Waals surface area contributed by atoms with Gasteiger partial charge in [-0.2, -0.15) is 0 Å². The molecular weight excluding hydrogens is 308 g/mol. The molecule has 3 rings (SSSR count). The lowest BCUT2D eigenvalue weighted by atomic mass is 9.98. The van der Waals surface area contributed by atoms with E-state index < -0.39 is 0 Å². The zero-order chi connectivity index (χ0) is 17.3. The van der Waals surface area contributed by atoms with E-state index in [2.05, 4.69) is 31.1 Å². The molecular formula is C17H30N4O3. The fourth-order valence-electron chi connectivity index (χ4n) is 3.75. The van der Waals surface area contributed by atoms with Crippen molar-refractivity contribution < 1.29 is 14.3 Å². The van der Waals surface area contributed by atoms with Gasteiger partial charge in [-0.25, -0.2) is 4.79 Å². The molecule has 1 N–H and O–H groups in total. The predicted molar refractivity (Wildman–Crippen MR) is 90.7 cm³/mol. The predicted octanol–water partition coefficient (Wildman–Crippen LogP) is 0.215. The van der Waals surface area contributed by atoms with Gasteiger partial charge in [0.05, 0.1) is 18.1 Å². The monoisotopic (exact) mass is 338 g/mol. The second-order valence-corrected chi connectivity index (χ2v) is 7.75. The van der Waals surface area contributed by atoms with Gasteiger partial charge in [-0.15, -0.1) is 0 Å². The van der Waals surface area contributed by atoms with E-state index in [-0.39, 0.29) is 30.1 Å². The van der Waals surface area contributed by atoms with E-state index in [0.29, 0.717) is 25.6 Å². The van der Waals surface area contributed by atoms with E-state index >= 15 is 0 Å². The molecule has 0 radical (unpaired) electrons. The number of nitrogens with zero attached hydrogens (tertiary/aromatic N) is 3. The van der Waals surface area contributed by atoms with Gasteiger partial charge < -0.3 is 24.8 Å². The van der Waals surface area contributed by atoms with E-state index in [4.69, 9.17) is 4.74 Å². The van der Waals surface area contributed by atoms with E-state index in [1.807, 2.05) is 9.80 Å². The maximum absolute atomic E-state index is 12.8. The minimum Gasteiger partial charge on any atom is -0.370 e. The van der Waals surface area contributed by atoms with Crippen LogP contribution >= 0.6 is 0 Å². The number of ether oxygens (including phenoxy) is 1. The number of likely N-dealkylation sites (tertiary alicyclic amines) is 1. The first-order valence-electron chi connectivity index (χ1n) is 9.09. The van der Waals surface area contributed by atoms with Crippen LogP contribution in [0.15, 0.2) is 0 Å². The zero-order valence-corrected chi connectivity index (χ0v) is 15.0. The Bertz CT molecular complexity index is 476. The summed E-state index contributed by atoms with van der Waals surface area (Å²) in [6.45, 7) is 9.38. The van der Waals surface area contributed by atoms with E-state index in [0.717, 1.165) is 32.6 Å². The van der Waals surface area contributed by atoms with Gasteiger partial charge in [0.1, 0.15) is 0 Å². The van der Waals surface area contributed by atoms with Crippen molar-refractivity contribution in [2.24, 2.45) is 11.8 Å². The Kier molecular flexibility index (Phi) is 5.30. The molecule has 0 aromatic carbocycles. The van der Waals surface area contributed by atoms with Crippen LogP contribution in [-0.4, -0.2) is 91.7 Å². The molecule has 3 aliphatic heterocycles. The summed E-state index contributed by atoms with van der Waals surface area (Å²) in [6.07, 6.45) is 0.583. The van der Waals surface area contributed by atoms with E-state index in [9.17, 15) is 9.59 Å². The summed E-state index contributed by atoms with van der Waals surface area (Å²) in [5, 5.41) is 2.96. The molecule has 3 fully saturated rings. The van der Waals surface area contributed by atoms with E-state index in [1.54, 1.807) is 0 Å². The van der Waals surface area contributed by atoms with Crippen molar-refractivity contribution in [1.82, 2.24) is 20.0 Å². The first kappa shape index (κ1) is 17.5. The van der Waals surface area contributed by atoms with E-state index in [1.165, 1.54) is 0 Å². The highest BCUT2D eigenvalue weighted by atomic mass is 16.5. The van der Waals surface area contributed by atoms with Crippen LogP contribution in [0, 0.1) is 11.8 Å². The largest absolute Gasteiger partial charge is 0.370 e. The number of carbonyl (C=O) groups excluding carboxylic acids is 2. The number of hydrogen-bond acceptors (Lipinski definition) is 4. The molecule has 3 aliphatic rings. The quantitative estimate of drug-likeness (QED) is 0.799. The molecule has 3 saturated heterocycles. The van der Waals surface area contributed by atoms with Crippen molar-refractivity contribution >= 4 is 11.9 Å². The van der Waals surface area contributed by atoms with Crippen LogP contribution in [0.25, 0.3) is 0 Å². The number of piperazine rings is 1. The highest BCUT2D eigenvalue weighted by Gasteiger charge is 2.47. The first-order chi connectivity index (χ1) is 11.4. The van der Waals surface area contributed by atoms with Crippen LogP contribution in [0.2, 0.25) is 0 Å². The zero-order valence-electron chi connectivity index (χ0n) is 15.0. The third kappa shape index (κ3) is 3.83. The average Bonchev–Trinajstić information content (AvgIpc) is 2.86. The second kappa shape index (κ2) is 7.27. The smallest absolute Gasteiger partial charge is 0.317 e. The van der Waals surface area contributed by atoms with Crippen LogP contribution in [0.4, 0.5) is 4.79 Å². The maximum Gasteiger partial charge on any atom is 0.317 e. The number of hydrogen-bond donors (Lipinski definition) is 1. The summed E-state index contributed by atoms with van der Waals surface area (Å²) in [4.78, 5) is 31.2. The summed E-state index contributed by atoms with van der Waals surface area (Å²) in [6, 6.07) is -0.0327. The Balaban J connectivity index is 1.56. The molecule has 0 aromatic heterocycles. The number of fused-ring (bicyclic) bond motifs is 2. The molecule has 136 valence electrons. The number of amides is 3. The Labute approximate surface area is 144 Å². The Morgan fingerprint density at radius 3 is 2.50 bits per heavy atom. The van der Waals surface area contributed by atoms with Gasteiger partial charge in [-0.1, -0.05) is 13.8 Å². The average molecular weight is 338 g/mol. The van der Waals surface area contributed by atoms with Crippen molar-refractivity contribution in [3.8, 4) is 0 Å². The molecule has 0 saturated carbocycles. The Morgan fingerprint density at radius 1 is 1.12 bits per heavy atom. The lowest BCUT2D eigenvalue weighted by Crippen LogP contribution is -2.53. The lowest BCUT2D eigenvalue weighted by Gasteiger charge is -2.36. The number of nitrogens with one attached hydrogen (secondary N) is 1. The number of carbonyl (C=O) groups is 2. The minimum atomic E-state index is -0.152. The lowest BCUT2D eigenvalue weighted by molar-refractivity contribution is -0.139. The molecule has 0 aliphatic carbocycles. The molecule has 0 aromatic rings. The second-order valence-electron chi connectivity index (χ2n) is 7.75. The summed E-state index contributed by atoms with van der Waals surface area (Å²) in [5.41, 5.74) is 0. The molecule has 3 heterocycles. The standard InChI is InChI=1S/C17H30N4O3/c1-12(2)9-18-17(23)21-10-13-8-14(15(11-21)24-13)16(22)20-6-4-19(3)5-7-20/h12-15H,4-11H2,1-3H3,(H,18,23)/t13-,14+,15-/m1/s1. The fraction of sp³-hybridized carbons (Fsp3) is 0.882. The van der Waals surface area contributed by atoms with Gasteiger partial charge in [0.25, 0.3) is 0 Å². The third-order valence-corrected chi connectivity index (χ3v) is 5.24. The molecule has 7 heteroatoms. The topological polar surface area (TPSA) is 65.1 Å². The van der Waals surface area contributed by atoms with Crippen molar-refractivity contribution in [1.29, 1.82) is 0 Å². The molecule has 0 unspecified atom stereocenters. The van der Waals surface area contributed by atoms with Crippen molar-refractivity contribution in [3.05, 3.63) is 0 Å². The molecule has 3 amide bonds. The fourth-order valence-corrected chi connectivity index (χ4v) is 3.75. The number of likely N-dealkylation sites (N-methyl/N-ethyl adjacent to an activating group) is 1. The van der Waals surface area contributed by atoms with Crippen LogP contribution in [-0.2, 0) is 9.53 Å². The maximum atomic E-state index is 12.8. The van der Waals surface area contributed by atoms with Crippen LogP contribution < -0.4 is 5.32 Å². The van der Waals surface area contributed by atoms with Gasteiger partial charge in [-0.05, 0) is 19.4 Å². The molecule has 24 heavy (non-hydrogen) atoms. The van der Waals surface area contributed by atoms with Crippen molar-refractivity contribution in [3.63, 3.8) is 0 Å².